The van der Waals surface area contributed by atoms with E-state index in [1.165, 1.54) is 11.8 Å². The van der Waals surface area contributed by atoms with E-state index in [1.807, 2.05) is 6.92 Å². The summed E-state index contributed by atoms with van der Waals surface area (Å²) in [4.78, 5) is 11.8. The van der Waals surface area contributed by atoms with Gasteiger partial charge in [-0.2, -0.15) is 0 Å². The quantitative estimate of drug-likeness (QED) is 0.858. The van der Waals surface area contributed by atoms with Crippen LogP contribution in [0.5, 0.6) is 0 Å². The summed E-state index contributed by atoms with van der Waals surface area (Å²) in [5.74, 6) is 1.47. The number of Topliss-reactive ketones (excluding diaryl/α,β-unsaturated/α-hetero) is 1. The number of aryl methyl sites for hydroxylation is 1. The van der Waals surface area contributed by atoms with Gasteiger partial charge in [-0.1, -0.05) is 18.2 Å². The van der Waals surface area contributed by atoms with Crippen molar-refractivity contribution in [2.45, 2.75) is 43.1 Å². The van der Waals surface area contributed by atoms with Gasteiger partial charge in [-0.3, -0.25) is 4.79 Å². The van der Waals surface area contributed by atoms with Crippen LogP contribution in [0.2, 0.25) is 0 Å². The minimum Gasteiger partial charge on any atom is -0.469 e. The van der Waals surface area contributed by atoms with Crippen LogP contribution in [0, 0.1) is 6.92 Å². The third-order valence-corrected chi connectivity index (χ3v) is 4.39. The van der Waals surface area contributed by atoms with E-state index >= 15 is 0 Å². The molecule has 1 fully saturated rings. The van der Waals surface area contributed by atoms with E-state index in [1.54, 1.807) is 12.3 Å². The Morgan fingerprint density at radius 2 is 2.26 bits per heavy atom. The molecule has 5 nitrogen and oxygen atoms in total. The van der Waals surface area contributed by atoms with Crippen LogP contribution in [-0.4, -0.2) is 21.2 Å². The number of nitrogens with zero attached hydrogens (tertiary/aromatic N) is 2. The van der Waals surface area contributed by atoms with Crippen LogP contribution in [0.4, 0.5) is 0 Å². The Balaban J connectivity index is 1.75. The van der Waals surface area contributed by atoms with Crippen molar-refractivity contribution in [1.82, 2.24) is 10.2 Å². The molecule has 0 aromatic carbocycles. The molecular weight excluding hydrogens is 264 g/mol. The predicted molar refractivity (Wildman–Crippen MR) is 69.9 cm³/mol. The van der Waals surface area contributed by atoms with Gasteiger partial charge in [0.15, 0.2) is 0 Å². The molecule has 19 heavy (non-hydrogen) atoms. The summed E-state index contributed by atoms with van der Waals surface area (Å²) in [5.41, 5.74) is 0.800. The Labute approximate surface area is 114 Å². The Morgan fingerprint density at radius 1 is 1.37 bits per heavy atom. The minimum absolute atomic E-state index is 0.0347. The third-order valence-electron chi connectivity index (χ3n) is 3.24. The van der Waals surface area contributed by atoms with E-state index in [-0.39, 0.29) is 11.0 Å². The molecule has 100 valence electrons. The van der Waals surface area contributed by atoms with Crippen molar-refractivity contribution in [1.29, 1.82) is 0 Å². The topological polar surface area (TPSA) is 69.1 Å². The van der Waals surface area contributed by atoms with Gasteiger partial charge in [0.1, 0.15) is 11.5 Å². The lowest BCUT2D eigenvalue weighted by molar-refractivity contribution is -0.119. The molecule has 3 rings (SSSR count). The van der Waals surface area contributed by atoms with Gasteiger partial charge < -0.3 is 8.83 Å². The standard InChI is InChI=1S/C13H14N2O3S/c1-8-9(6-7-17-8)12-14-15-13(18-12)19-11-5-3-2-4-10(11)16/h6-7,11H,2-5H2,1H3/t11-/m0/s1. The van der Waals surface area contributed by atoms with E-state index in [0.717, 1.165) is 30.6 Å². The van der Waals surface area contributed by atoms with E-state index in [9.17, 15) is 4.79 Å². The number of hydrogen-bond donors (Lipinski definition) is 0. The monoisotopic (exact) mass is 278 g/mol. The second-order valence-corrected chi connectivity index (χ2v) is 5.74. The Kier molecular flexibility index (Phi) is 3.42. The van der Waals surface area contributed by atoms with E-state index in [0.29, 0.717) is 17.5 Å². The number of ketones is 1. The molecule has 0 aliphatic heterocycles. The molecule has 1 saturated carbocycles. The first kappa shape index (κ1) is 12.5. The smallest absolute Gasteiger partial charge is 0.277 e. The second kappa shape index (κ2) is 5.21. The molecule has 1 aliphatic rings. The van der Waals surface area contributed by atoms with Crippen LogP contribution in [0.25, 0.3) is 11.5 Å². The molecule has 0 amide bonds. The van der Waals surface area contributed by atoms with Crippen molar-refractivity contribution in [3.05, 3.63) is 18.1 Å². The van der Waals surface area contributed by atoms with Crippen molar-refractivity contribution in [2.24, 2.45) is 0 Å². The van der Waals surface area contributed by atoms with Gasteiger partial charge in [-0.15, -0.1) is 10.2 Å². The fourth-order valence-corrected chi connectivity index (χ4v) is 3.16. The van der Waals surface area contributed by atoms with Crippen LogP contribution < -0.4 is 0 Å². The van der Waals surface area contributed by atoms with Crippen molar-refractivity contribution in [2.75, 3.05) is 0 Å². The lowest BCUT2D eigenvalue weighted by Gasteiger charge is -2.17. The molecule has 2 heterocycles. The minimum atomic E-state index is -0.0347. The van der Waals surface area contributed by atoms with Gasteiger partial charge in [0, 0.05) is 6.42 Å². The largest absolute Gasteiger partial charge is 0.469 e. The van der Waals surface area contributed by atoms with Crippen molar-refractivity contribution in [3.63, 3.8) is 0 Å². The summed E-state index contributed by atoms with van der Waals surface area (Å²) in [7, 11) is 0. The molecule has 2 aromatic heterocycles. The van der Waals surface area contributed by atoms with Gasteiger partial charge >= 0.3 is 0 Å². The SMILES string of the molecule is Cc1occc1-c1nnc(S[C@H]2CCCCC2=O)o1. The van der Waals surface area contributed by atoms with Gasteiger partial charge in [0.25, 0.3) is 11.1 Å². The van der Waals surface area contributed by atoms with Crippen molar-refractivity contribution in [3.8, 4) is 11.5 Å². The Morgan fingerprint density at radius 3 is 3.00 bits per heavy atom. The van der Waals surface area contributed by atoms with Gasteiger partial charge in [0.05, 0.1) is 17.1 Å². The number of aromatic nitrogens is 2. The summed E-state index contributed by atoms with van der Waals surface area (Å²) in [6, 6.07) is 1.79. The number of hydrogen-bond acceptors (Lipinski definition) is 6. The van der Waals surface area contributed by atoms with Crippen LogP contribution >= 0.6 is 11.8 Å². The Bertz CT molecular complexity index is 590. The molecule has 0 N–H and O–H groups in total. The van der Waals surface area contributed by atoms with Gasteiger partial charge in [-0.25, -0.2) is 0 Å². The molecule has 0 unspecified atom stereocenters. The number of thioether (sulfide) groups is 1. The first-order chi connectivity index (χ1) is 9.24. The Hall–Kier alpha value is -1.56. The zero-order valence-corrected chi connectivity index (χ0v) is 11.4. The number of carbonyl (C=O) groups is 1. The molecule has 6 heteroatoms. The molecule has 1 aliphatic carbocycles. The first-order valence-corrected chi connectivity index (χ1v) is 7.19. The molecule has 0 radical (unpaired) electrons. The highest BCUT2D eigenvalue weighted by molar-refractivity contribution is 8.00. The molecule has 2 aromatic rings. The maximum atomic E-state index is 11.8. The molecule has 0 bridgehead atoms. The van der Waals surface area contributed by atoms with Crippen LogP contribution in [0.15, 0.2) is 26.4 Å². The zero-order valence-electron chi connectivity index (χ0n) is 10.6. The zero-order chi connectivity index (χ0) is 13.2. The highest BCUT2D eigenvalue weighted by Gasteiger charge is 2.25. The van der Waals surface area contributed by atoms with Gasteiger partial charge in [-0.05, 0) is 25.8 Å². The van der Waals surface area contributed by atoms with Crippen molar-refractivity contribution >= 4 is 17.5 Å². The lowest BCUT2D eigenvalue weighted by Crippen LogP contribution is -2.21. The molecule has 1 atom stereocenters. The van der Waals surface area contributed by atoms with Gasteiger partial charge in [0.2, 0.25) is 0 Å². The summed E-state index contributed by atoms with van der Waals surface area (Å²) < 4.78 is 10.8. The normalized spacial score (nSPS) is 19.8. The van der Waals surface area contributed by atoms with Crippen LogP contribution in [0.1, 0.15) is 31.4 Å². The van der Waals surface area contributed by atoms with E-state index < -0.39 is 0 Å². The summed E-state index contributed by atoms with van der Waals surface area (Å²) in [6.45, 7) is 1.84. The summed E-state index contributed by atoms with van der Waals surface area (Å²) in [6.07, 6.45) is 5.24. The fraction of sp³-hybridized carbons (Fsp3) is 0.462. The first-order valence-electron chi connectivity index (χ1n) is 6.31. The molecule has 0 spiro atoms. The summed E-state index contributed by atoms with van der Waals surface area (Å²) >= 11 is 1.38. The van der Waals surface area contributed by atoms with E-state index in [2.05, 4.69) is 10.2 Å². The number of rotatable bonds is 3. The second-order valence-electron chi connectivity index (χ2n) is 4.58. The number of carbonyl (C=O) groups excluding carboxylic acids is 1. The van der Waals surface area contributed by atoms with E-state index in [4.69, 9.17) is 8.83 Å². The lowest BCUT2D eigenvalue weighted by atomic mass is 9.99. The fourth-order valence-electron chi connectivity index (χ4n) is 2.17. The van der Waals surface area contributed by atoms with Crippen LogP contribution in [0.3, 0.4) is 0 Å². The average molecular weight is 278 g/mol. The highest BCUT2D eigenvalue weighted by atomic mass is 32.2. The third kappa shape index (κ3) is 2.58. The maximum Gasteiger partial charge on any atom is 0.277 e. The maximum absolute atomic E-state index is 11.8. The van der Waals surface area contributed by atoms with Crippen LogP contribution in [-0.2, 0) is 4.79 Å². The average Bonchev–Trinajstić information content (AvgIpc) is 3.01. The summed E-state index contributed by atoms with van der Waals surface area (Å²) in [5, 5.41) is 8.42. The number of furan rings is 1. The predicted octanol–water partition coefficient (Wildman–Crippen LogP) is 3.24. The molecule has 0 saturated heterocycles. The van der Waals surface area contributed by atoms with Crippen molar-refractivity contribution < 1.29 is 13.6 Å². The molecular formula is C13H14N2O3S. The highest BCUT2D eigenvalue weighted by Crippen LogP contribution is 2.32.